The summed E-state index contributed by atoms with van der Waals surface area (Å²) in [7, 11) is 0. The zero-order chi connectivity index (χ0) is 55.3. The van der Waals surface area contributed by atoms with Crippen molar-refractivity contribution in [3.8, 4) is 0 Å². The van der Waals surface area contributed by atoms with Gasteiger partial charge >= 0.3 is 26.2 Å². The second kappa shape index (κ2) is 47.8. The van der Waals surface area contributed by atoms with Crippen molar-refractivity contribution in [3.63, 3.8) is 0 Å². The first-order valence-corrected chi connectivity index (χ1v) is 35.8. The summed E-state index contributed by atoms with van der Waals surface area (Å²) >= 11 is 1.62. The van der Waals surface area contributed by atoms with E-state index in [2.05, 4.69) is 91.4 Å². The molecular weight excluding hydrogens is 964 g/mol. The topological polar surface area (TPSA) is 25.3 Å². The molecule has 2 nitrogen and oxygen atoms in total. The number of rotatable bonds is 49. The fraction of sp³-hybridized carbons (Fsp3) is 0.781. The molecule has 0 unspecified atom stereocenters. The van der Waals surface area contributed by atoms with Crippen LogP contribution in [0.4, 0.5) is 0 Å². The number of hydrogen-bond acceptors (Lipinski definition) is 0. The summed E-state index contributed by atoms with van der Waals surface area (Å²) in [4.78, 5) is 0. The molecule has 0 atom stereocenters. The number of aryl methyl sites for hydroxylation is 4. The summed E-state index contributed by atoms with van der Waals surface area (Å²) in [6.07, 6.45) is 60.7. The van der Waals surface area contributed by atoms with Crippen molar-refractivity contribution in [2.24, 2.45) is 0 Å². The predicted octanol–water partition coefficient (Wildman–Crippen LogP) is 25.4. The molecule has 0 spiro atoms. The quantitative estimate of drug-likeness (QED) is 0.0358. The molecule has 2 aromatic rings. The third-order valence-electron chi connectivity index (χ3n) is 16.8. The van der Waals surface area contributed by atoms with Gasteiger partial charge in [-0.25, -0.2) is 4.70 Å². The Kier molecular flexibility index (Phi) is 44.1. The fourth-order valence-corrected chi connectivity index (χ4v) is 12.3. The van der Waals surface area contributed by atoms with E-state index in [0.717, 1.165) is 56.3 Å². The summed E-state index contributed by atoms with van der Waals surface area (Å²) < 4.78 is 1.79. The van der Waals surface area contributed by atoms with Crippen molar-refractivity contribution in [2.75, 3.05) is 0 Å². The minimum absolute atomic E-state index is 1.04. The van der Waals surface area contributed by atoms with E-state index in [4.69, 9.17) is 0 Å². The Bertz CT molecular complexity index is 1750. The second-order valence-electron chi connectivity index (χ2n) is 23.8. The summed E-state index contributed by atoms with van der Waals surface area (Å²) in [6.45, 7) is 18.8. The molecule has 440 valence electrons. The second-order valence-corrected chi connectivity index (χ2v) is 24.8. The summed E-state index contributed by atoms with van der Waals surface area (Å²) in [6, 6.07) is 10.4. The van der Waals surface area contributed by atoms with Gasteiger partial charge in [0.25, 0.3) is 0 Å². The number of allylic oxidation sites excluding steroid dienone is 2. The molecule has 0 fully saturated rings. The van der Waals surface area contributed by atoms with Gasteiger partial charge in [0.15, 0.2) is 0 Å². The van der Waals surface area contributed by atoms with Gasteiger partial charge in [-0.3, -0.25) is 0 Å². The van der Waals surface area contributed by atoms with Crippen LogP contribution in [0.5, 0.6) is 0 Å². The van der Waals surface area contributed by atoms with Gasteiger partial charge in [-0.15, -0.1) is 0 Å². The third-order valence-corrected chi connectivity index (χ3v) is 16.8. The predicted molar refractivity (Wildman–Crippen MR) is 339 cm³/mol. The average Bonchev–Trinajstić information content (AvgIpc) is 3.70. The van der Waals surface area contributed by atoms with E-state index in [1.54, 1.807) is 52.5 Å². The van der Waals surface area contributed by atoms with E-state index in [1.165, 1.54) is 279 Å². The molecule has 3 heteroatoms. The van der Waals surface area contributed by atoms with E-state index in [1.807, 2.05) is 0 Å². The van der Waals surface area contributed by atoms with Gasteiger partial charge in [0.05, 0.1) is 0 Å². The maximum absolute atomic E-state index is 13.3. The Morgan fingerprint density at radius 1 is 0.276 bits per heavy atom. The molecule has 1 aliphatic heterocycles. The number of nitrogens with zero attached hydrogens (tertiary/aromatic N) is 2. The van der Waals surface area contributed by atoms with Crippen LogP contribution < -0.4 is 0 Å². The Labute approximate surface area is 482 Å². The Morgan fingerprint density at radius 2 is 0.474 bits per heavy atom. The van der Waals surface area contributed by atoms with E-state index in [-0.39, 0.29) is 0 Å². The average molecular weight is 1090 g/mol. The number of hydrogen-bond donors (Lipinski definition) is 0. The molecular formula is C73H128N2Ni. The minimum atomic E-state index is 1.04. The number of unbranched alkanes of at least 4 members (excludes halogenated alkanes) is 31. The first-order valence-electron chi connectivity index (χ1n) is 33.8. The maximum atomic E-state index is 13.3. The molecule has 0 amide bonds. The molecule has 0 saturated carbocycles. The zero-order valence-electron chi connectivity index (χ0n) is 52.8. The molecule has 1 aliphatic rings. The standard InChI is InChI=1S/C71H122N2.2CH3.Ni/c1-9-17-25-29-30-31-32-33-34-35-36-37-38-39-40-47-55-69-68(52-24-16-8)70(64-56-60(48-41-21-13-5)66(53-43-23-15-7)61(57-64)49-42-22-14-6)73(72)71(69)65-58-62(50-44-26-18-10-2)67(54-46-28-20-12-4)63(59-65)51-45-27-19-11-3;;;/h56-59H,9-55H2,1-8H3;2*1H3;. The SMILES string of the molecule is CCCCCCCCCCCCCCCCCCC1=C(c2cc(CCCCCC)c(CCCCCC)c(CCCCCC)c2)[N+](=[N-])C(c2cc(CCCCC)c(CCCCC)c(CCCCC)c2)=C1CCCC.[CH3][Ni][CH3]. The molecule has 1 heterocycles. The normalized spacial score (nSPS) is 12.7. The van der Waals surface area contributed by atoms with Crippen molar-refractivity contribution in [3.05, 3.63) is 85.5 Å². The van der Waals surface area contributed by atoms with E-state index in [0.29, 0.717) is 0 Å². The van der Waals surface area contributed by atoms with Crippen molar-refractivity contribution < 1.29 is 19.1 Å². The fourth-order valence-electron chi connectivity index (χ4n) is 12.3. The first-order chi connectivity index (χ1) is 37.3. The molecule has 0 bridgehead atoms. The van der Waals surface area contributed by atoms with Gasteiger partial charge in [-0.05, 0) is 160 Å². The molecule has 0 aliphatic carbocycles. The van der Waals surface area contributed by atoms with Gasteiger partial charge in [-0.1, -0.05) is 254 Å². The van der Waals surface area contributed by atoms with Crippen molar-refractivity contribution >= 4 is 11.4 Å². The van der Waals surface area contributed by atoms with E-state index in [9.17, 15) is 5.53 Å². The summed E-state index contributed by atoms with van der Waals surface area (Å²) in [5.74, 6) is 4.12. The van der Waals surface area contributed by atoms with Crippen LogP contribution in [-0.2, 0) is 53.0 Å². The van der Waals surface area contributed by atoms with Crippen LogP contribution in [-0.4, -0.2) is 4.70 Å². The Balaban J connectivity index is 0.00000642. The number of benzene rings is 2. The molecule has 0 aromatic heterocycles. The van der Waals surface area contributed by atoms with Crippen LogP contribution in [0, 0.1) is 0 Å². The van der Waals surface area contributed by atoms with Crippen LogP contribution in [0.3, 0.4) is 0 Å². The van der Waals surface area contributed by atoms with Gasteiger partial charge in [0.1, 0.15) is 0 Å². The van der Waals surface area contributed by atoms with Crippen LogP contribution in [0.1, 0.15) is 363 Å². The van der Waals surface area contributed by atoms with Crippen LogP contribution >= 0.6 is 0 Å². The molecule has 0 N–H and O–H groups in total. The molecule has 2 aromatic carbocycles. The van der Waals surface area contributed by atoms with Crippen molar-refractivity contribution in [2.45, 2.75) is 369 Å². The molecule has 3 rings (SSSR count). The van der Waals surface area contributed by atoms with Crippen LogP contribution in [0.2, 0.25) is 11.8 Å². The van der Waals surface area contributed by atoms with Gasteiger partial charge in [-0.2, -0.15) is 0 Å². The van der Waals surface area contributed by atoms with E-state index < -0.39 is 0 Å². The van der Waals surface area contributed by atoms with Crippen LogP contribution in [0.15, 0.2) is 35.4 Å². The molecule has 0 saturated heterocycles. The van der Waals surface area contributed by atoms with Gasteiger partial charge in [0, 0.05) is 22.3 Å². The monoisotopic (exact) mass is 1090 g/mol. The van der Waals surface area contributed by atoms with E-state index >= 15 is 0 Å². The molecule has 0 radical (unpaired) electrons. The summed E-state index contributed by atoms with van der Waals surface area (Å²) in [5.41, 5.74) is 30.8. The Hall–Kier alpha value is -1.99. The molecule has 76 heavy (non-hydrogen) atoms. The van der Waals surface area contributed by atoms with Crippen LogP contribution in [0.25, 0.3) is 16.9 Å². The Morgan fingerprint density at radius 3 is 0.776 bits per heavy atom. The van der Waals surface area contributed by atoms with Crippen molar-refractivity contribution in [1.82, 2.24) is 0 Å². The third kappa shape index (κ3) is 28.4. The zero-order valence-corrected chi connectivity index (χ0v) is 53.7. The van der Waals surface area contributed by atoms with Gasteiger partial charge < -0.3 is 5.53 Å². The van der Waals surface area contributed by atoms with Gasteiger partial charge in [0.2, 0.25) is 11.4 Å². The summed E-state index contributed by atoms with van der Waals surface area (Å²) in [5, 5.41) is 0. The first kappa shape index (κ1) is 70.1. The van der Waals surface area contributed by atoms with Crippen molar-refractivity contribution in [1.29, 1.82) is 0 Å².